The summed E-state index contributed by atoms with van der Waals surface area (Å²) in [6, 6.07) is 5.57. The normalized spacial score (nSPS) is 11.4. The number of aliphatic hydroxyl groups excluding tert-OH is 1. The molecule has 0 spiro atoms. The number of aryl methyl sites for hydroxylation is 1. The fraction of sp³-hybridized carbons (Fsp3) is 0.471. The van der Waals surface area contributed by atoms with Gasteiger partial charge in [0, 0.05) is 24.7 Å². The fourth-order valence-corrected chi connectivity index (χ4v) is 2.02. The van der Waals surface area contributed by atoms with Crippen LogP contribution in [-0.4, -0.2) is 36.1 Å². The number of carbonyl (C=O) groups excluding carboxylic acids is 1. The minimum atomic E-state index is -0.175. The first-order valence-electron chi connectivity index (χ1n) is 6.94. The molecule has 0 radical (unpaired) electrons. The van der Waals surface area contributed by atoms with Crippen molar-refractivity contribution in [2.24, 2.45) is 5.92 Å². The van der Waals surface area contributed by atoms with Gasteiger partial charge in [-0.25, -0.2) is 0 Å². The highest BCUT2D eigenvalue weighted by Crippen LogP contribution is 2.12. The SMILES string of the molecule is CCC(C)CN(C)C(=O)c1cc(C)cc(C#CCO)c1. The van der Waals surface area contributed by atoms with Crippen LogP contribution in [0.1, 0.15) is 41.8 Å². The number of aliphatic hydroxyl groups is 1. The van der Waals surface area contributed by atoms with E-state index in [4.69, 9.17) is 5.11 Å². The molecule has 1 N–H and O–H groups in total. The number of benzene rings is 1. The molecule has 0 aliphatic rings. The molecule has 3 nitrogen and oxygen atoms in total. The fourth-order valence-electron chi connectivity index (χ4n) is 2.02. The molecule has 0 aromatic heterocycles. The first kappa shape index (κ1) is 16.3. The Morgan fingerprint density at radius 1 is 1.40 bits per heavy atom. The predicted molar refractivity (Wildman–Crippen MR) is 81.6 cm³/mol. The molecule has 1 unspecified atom stereocenters. The predicted octanol–water partition coefficient (Wildman–Crippen LogP) is 2.46. The molecule has 0 bridgehead atoms. The molecule has 108 valence electrons. The molecule has 0 aliphatic carbocycles. The van der Waals surface area contributed by atoms with E-state index in [9.17, 15) is 4.79 Å². The highest BCUT2D eigenvalue weighted by Gasteiger charge is 2.14. The number of amides is 1. The summed E-state index contributed by atoms with van der Waals surface area (Å²) in [4.78, 5) is 14.2. The van der Waals surface area contributed by atoms with Crippen molar-refractivity contribution in [3.63, 3.8) is 0 Å². The molecule has 1 amide bonds. The van der Waals surface area contributed by atoms with E-state index in [0.717, 1.165) is 24.1 Å². The van der Waals surface area contributed by atoms with Gasteiger partial charge in [0.1, 0.15) is 6.61 Å². The second-order valence-corrected chi connectivity index (χ2v) is 5.25. The lowest BCUT2D eigenvalue weighted by atomic mass is 10.0. The van der Waals surface area contributed by atoms with Crippen LogP contribution in [0.15, 0.2) is 18.2 Å². The van der Waals surface area contributed by atoms with Gasteiger partial charge in [0.05, 0.1) is 0 Å². The second kappa shape index (κ2) is 7.72. The van der Waals surface area contributed by atoms with Crippen molar-refractivity contribution < 1.29 is 9.90 Å². The van der Waals surface area contributed by atoms with Crippen molar-refractivity contribution >= 4 is 5.91 Å². The Labute approximate surface area is 121 Å². The zero-order chi connectivity index (χ0) is 15.1. The summed E-state index contributed by atoms with van der Waals surface area (Å²) < 4.78 is 0. The van der Waals surface area contributed by atoms with Gasteiger partial charge in [0.15, 0.2) is 0 Å². The molecule has 20 heavy (non-hydrogen) atoms. The lowest BCUT2D eigenvalue weighted by Crippen LogP contribution is -2.31. The summed E-state index contributed by atoms with van der Waals surface area (Å²) in [5.41, 5.74) is 2.41. The molecular formula is C17H23NO2. The first-order chi connectivity index (χ1) is 9.47. The van der Waals surface area contributed by atoms with E-state index >= 15 is 0 Å². The molecule has 1 atom stereocenters. The smallest absolute Gasteiger partial charge is 0.253 e. The van der Waals surface area contributed by atoms with E-state index < -0.39 is 0 Å². The van der Waals surface area contributed by atoms with E-state index in [0.29, 0.717) is 11.5 Å². The molecule has 0 heterocycles. The van der Waals surface area contributed by atoms with Crippen molar-refractivity contribution in [1.29, 1.82) is 0 Å². The summed E-state index contributed by atoms with van der Waals surface area (Å²) in [6.45, 7) is 6.78. The van der Waals surface area contributed by atoms with Gasteiger partial charge in [-0.1, -0.05) is 32.1 Å². The summed E-state index contributed by atoms with van der Waals surface area (Å²) >= 11 is 0. The Morgan fingerprint density at radius 2 is 2.10 bits per heavy atom. The van der Waals surface area contributed by atoms with Crippen molar-refractivity contribution in [3.8, 4) is 11.8 Å². The molecule has 1 aromatic rings. The maximum atomic E-state index is 12.4. The summed E-state index contributed by atoms with van der Waals surface area (Å²) in [7, 11) is 1.83. The highest BCUT2D eigenvalue weighted by molar-refractivity contribution is 5.94. The zero-order valence-corrected chi connectivity index (χ0v) is 12.7. The Morgan fingerprint density at radius 3 is 2.70 bits per heavy atom. The van der Waals surface area contributed by atoms with Crippen molar-refractivity contribution in [2.75, 3.05) is 20.2 Å². The summed E-state index contributed by atoms with van der Waals surface area (Å²) in [5.74, 6) is 5.96. The van der Waals surface area contributed by atoms with Gasteiger partial charge < -0.3 is 10.0 Å². The highest BCUT2D eigenvalue weighted by atomic mass is 16.2. The monoisotopic (exact) mass is 273 g/mol. The molecule has 0 aliphatic heterocycles. The van der Waals surface area contributed by atoms with Crippen LogP contribution in [0.5, 0.6) is 0 Å². The molecule has 0 saturated carbocycles. The number of hydrogen-bond acceptors (Lipinski definition) is 2. The second-order valence-electron chi connectivity index (χ2n) is 5.25. The van der Waals surface area contributed by atoms with Gasteiger partial charge in [-0.3, -0.25) is 4.79 Å². The number of carbonyl (C=O) groups is 1. The van der Waals surface area contributed by atoms with E-state index in [1.54, 1.807) is 11.0 Å². The van der Waals surface area contributed by atoms with Gasteiger partial charge in [-0.2, -0.15) is 0 Å². The van der Waals surface area contributed by atoms with Crippen LogP contribution in [0.3, 0.4) is 0 Å². The number of rotatable bonds is 4. The summed E-state index contributed by atoms with van der Waals surface area (Å²) in [6.07, 6.45) is 1.05. The Bertz CT molecular complexity index is 526. The van der Waals surface area contributed by atoms with Crippen LogP contribution in [0.4, 0.5) is 0 Å². The van der Waals surface area contributed by atoms with E-state index in [-0.39, 0.29) is 12.5 Å². The lowest BCUT2D eigenvalue weighted by molar-refractivity contribution is 0.0775. The third-order valence-electron chi connectivity index (χ3n) is 3.27. The van der Waals surface area contributed by atoms with Gasteiger partial charge in [-0.15, -0.1) is 0 Å². The lowest BCUT2D eigenvalue weighted by Gasteiger charge is -2.21. The van der Waals surface area contributed by atoms with Gasteiger partial charge in [-0.05, 0) is 36.6 Å². The molecule has 3 heteroatoms. The van der Waals surface area contributed by atoms with Gasteiger partial charge in [0.2, 0.25) is 0 Å². The average molecular weight is 273 g/mol. The number of nitrogens with zero attached hydrogens (tertiary/aromatic N) is 1. The molecule has 0 saturated heterocycles. The Hall–Kier alpha value is -1.79. The van der Waals surface area contributed by atoms with Crippen LogP contribution in [-0.2, 0) is 0 Å². The maximum absolute atomic E-state index is 12.4. The van der Waals surface area contributed by atoms with Crippen molar-refractivity contribution in [3.05, 3.63) is 34.9 Å². The summed E-state index contributed by atoms with van der Waals surface area (Å²) in [5, 5.41) is 8.74. The van der Waals surface area contributed by atoms with Crippen LogP contribution >= 0.6 is 0 Å². The van der Waals surface area contributed by atoms with E-state index in [1.807, 2.05) is 26.1 Å². The van der Waals surface area contributed by atoms with Crippen molar-refractivity contribution in [2.45, 2.75) is 27.2 Å². The molecule has 0 fully saturated rings. The van der Waals surface area contributed by atoms with Crippen LogP contribution in [0, 0.1) is 24.7 Å². The van der Waals surface area contributed by atoms with Gasteiger partial charge >= 0.3 is 0 Å². The Kier molecular flexibility index (Phi) is 6.27. The molecule has 1 aromatic carbocycles. The average Bonchev–Trinajstić information content (AvgIpc) is 2.43. The van der Waals surface area contributed by atoms with Crippen LogP contribution < -0.4 is 0 Å². The van der Waals surface area contributed by atoms with Crippen molar-refractivity contribution in [1.82, 2.24) is 4.90 Å². The van der Waals surface area contributed by atoms with E-state index in [2.05, 4.69) is 25.7 Å². The largest absolute Gasteiger partial charge is 0.384 e. The van der Waals surface area contributed by atoms with E-state index in [1.165, 1.54) is 0 Å². The topological polar surface area (TPSA) is 40.5 Å². The maximum Gasteiger partial charge on any atom is 0.253 e. The third-order valence-corrected chi connectivity index (χ3v) is 3.27. The van der Waals surface area contributed by atoms with Crippen LogP contribution in [0.25, 0.3) is 0 Å². The Balaban J connectivity index is 2.95. The zero-order valence-electron chi connectivity index (χ0n) is 12.7. The third kappa shape index (κ3) is 4.71. The minimum Gasteiger partial charge on any atom is -0.384 e. The van der Waals surface area contributed by atoms with Crippen LogP contribution in [0.2, 0.25) is 0 Å². The first-order valence-corrected chi connectivity index (χ1v) is 6.94. The molecular weight excluding hydrogens is 250 g/mol. The quantitative estimate of drug-likeness (QED) is 0.856. The van der Waals surface area contributed by atoms with Gasteiger partial charge in [0.25, 0.3) is 5.91 Å². The molecule has 1 rings (SSSR count). The number of hydrogen-bond donors (Lipinski definition) is 1. The minimum absolute atomic E-state index is 0.0149. The standard InChI is InChI=1S/C17H23NO2/c1-5-13(2)12-18(4)17(20)16-10-14(3)9-15(11-16)7-6-8-19/h9-11,13,19H,5,8,12H2,1-4H3.